The van der Waals surface area contributed by atoms with Crippen molar-refractivity contribution in [3.05, 3.63) is 48.0 Å². The number of thiazole rings is 1. The predicted octanol–water partition coefficient (Wildman–Crippen LogP) is 3.34. The van der Waals surface area contributed by atoms with Crippen LogP contribution in [0, 0.1) is 6.92 Å². The molecule has 0 saturated carbocycles. The zero-order chi connectivity index (χ0) is 19.7. The van der Waals surface area contributed by atoms with Crippen molar-refractivity contribution >= 4 is 32.6 Å². The Morgan fingerprint density at radius 3 is 2.68 bits per heavy atom. The van der Waals surface area contributed by atoms with Crippen LogP contribution in [0.15, 0.2) is 42.5 Å². The van der Waals surface area contributed by atoms with Crippen LogP contribution >= 0.6 is 11.3 Å². The van der Waals surface area contributed by atoms with Gasteiger partial charge in [-0.05, 0) is 44.8 Å². The Morgan fingerprint density at radius 2 is 1.93 bits per heavy atom. The number of nitrogens with zero attached hydrogens (tertiary/aromatic N) is 3. The zero-order valence-corrected chi connectivity index (χ0v) is 17.0. The molecule has 6 nitrogen and oxygen atoms in total. The number of benzene rings is 2. The maximum absolute atomic E-state index is 13.4. The van der Waals surface area contributed by atoms with Crippen molar-refractivity contribution in [1.82, 2.24) is 9.88 Å². The van der Waals surface area contributed by atoms with E-state index in [2.05, 4.69) is 0 Å². The number of carbonyl (C=O) groups is 1. The molecular weight excluding hydrogens is 374 g/mol. The summed E-state index contributed by atoms with van der Waals surface area (Å²) in [7, 11) is 3.98. The van der Waals surface area contributed by atoms with Crippen LogP contribution in [-0.4, -0.2) is 55.7 Å². The number of rotatable bonds is 5. The summed E-state index contributed by atoms with van der Waals surface area (Å²) < 4.78 is 12.8. The van der Waals surface area contributed by atoms with Crippen LogP contribution in [0.4, 0.5) is 5.13 Å². The first-order chi connectivity index (χ1) is 13.5. The second-order valence-electron chi connectivity index (χ2n) is 7.08. The van der Waals surface area contributed by atoms with E-state index < -0.39 is 6.10 Å². The molecule has 0 saturated heterocycles. The Kier molecular flexibility index (Phi) is 5.19. The molecule has 0 radical (unpaired) electrons. The minimum atomic E-state index is -0.690. The van der Waals surface area contributed by atoms with E-state index >= 15 is 0 Å². The van der Waals surface area contributed by atoms with E-state index in [1.54, 1.807) is 4.90 Å². The van der Waals surface area contributed by atoms with Crippen LogP contribution in [0.25, 0.3) is 10.2 Å². The molecule has 7 heteroatoms. The van der Waals surface area contributed by atoms with Gasteiger partial charge in [-0.25, -0.2) is 4.98 Å². The van der Waals surface area contributed by atoms with Gasteiger partial charge < -0.3 is 14.4 Å². The summed E-state index contributed by atoms with van der Waals surface area (Å²) in [5, 5.41) is 0.693. The van der Waals surface area contributed by atoms with Crippen molar-refractivity contribution in [2.45, 2.75) is 13.0 Å². The number of para-hydroxylation sites is 3. The fraction of sp³-hybridized carbons (Fsp3) is 0.333. The lowest BCUT2D eigenvalue weighted by Gasteiger charge is -2.30. The Morgan fingerprint density at radius 1 is 1.14 bits per heavy atom. The lowest BCUT2D eigenvalue weighted by Crippen LogP contribution is -2.48. The molecule has 0 spiro atoms. The quantitative estimate of drug-likeness (QED) is 0.661. The number of hydrogen-bond donors (Lipinski definition) is 0. The van der Waals surface area contributed by atoms with Gasteiger partial charge in [0.1, 0.15) is 6.61 Å². The lowest BCUT2D eigenvalue weighted by atomic mass is 10.2. The third kappa shape index (κ3) is 3.68. The van der Waals surface area contributed by atoms with Gasteiger partial charge in [0.25, 0.3) is 5.91 Å². The highest BCUT2D eigenvalue weighted by Gasteiger charge is 2.33. The van der Waals surface area contributed by atoms with Gasteiger partial charge >= 0.3 is 0 Å². The highest BCUT2D eigenvalue weighted by atomic mass is 32.1. The number of fused-ring (bicyclic) bond motifs is 2. The predicted molar refractivity (Wildman–Crippen MR) is 112 cm³/mol. The van der Waals surface area contributed by atoms with Gasteiger partial charge in [0.15, 0.2) is 16.6 Å². The maximum Gasteiger partial charge on any atom is 0.273 e. The topological polar surface area (TPSA) is 54.9 Å². The number of aromatic nitrogens is 1. The number of anilines is 1. The van der Waals surface area contributed by atoms with E-state index in [9.17, 15) is 4.79 Å². The molecule has 2 heterocycles. The number of hydrogen-bond acceptors (Lipinski definition) is 6. The van der Waals surface area contributed by atoms with Gasteiger partial charge in [-0.3, -0.25) is 9.69 Å². The normalized spacial score (nSPS) is 15.8. The fourth-order valence-corrected chi connectivity index (χ4v) is 4.18. The second kappa shape index (κ2) is 7.77. The summed E-state index contributed by atoms with van der Waals surface area (Å²) in [6, 6.07) is 13.5. The van der Waals surface area contributed by atoms with Crippen LogP contribution in [0.5, 0.6) is 11.5 Å². The summed E-state index contributed by atoms with van der Waals surface area (Å²) in [4.78, 5) is 21.9. The number of ether oxygens (including phenoxy) is 2. The van der Waals surface area contributed by atoms with Crippen molar-refractivity contribution in [3.8, 4) is 11.5 Å². The Balaban J connectivity index is 1.63. The first-order valence-electron chi connectivity index (χ1n) is 9.23. The minimum Gasteiger partial charge on any atom is -0.485 e. The highest BCUT2D eigenvalue weighted by molar-refractivity contribution is 7.22. The summed E-state index contributed by atoms with van der Waals surface area (Å²) in [6.45, 7) is 3.49. The molecule has 0 unspecified atom stereocenters. The fourth-order valence-electron chi connectivity index (χ4n) is 3.11. The average molecular weight is 398 g/mol. The third-order valence-electron chi connectivity index (χ3n) is 4.66. The molecule has 4 rings (SSSR count). The summed E-state index contributed by atoms with van der Waals surface area (Å²) >= 11 is 1.53. The van der Waals surface area contributed by atoms with Gasteiger partial charge in [0.2, 0.25) is 6.10 Å². The second-order valence-corrected chi connectivity index (χ2v) is 8.08. The smallest absolute Gasteiger partial charge is 0.273 e. The van der Waals surface area contributed by atoms with Crippen molar-refractivity contribution in [2.24, 2.45) is 0 Å². The van der Waals surface area contributed by atoms with Crippen LogP contribution in [0.1, 0.15) is 5.56 Å². The Labute approximate surface area is 168 Å². The first-order valence-corrected chi connectivity index (χ1v) is 10.1. The minimum absolute atomic E-state index is 0.131. The highest BCUT2D eigenvalue weighted by Crippen LogP contribution is 2.34. The van der Waals surface area contributed by atoms with Crippen LogP contribution in [-0.2, 0) is 4.79 Å². The molecule has 0 N–H and O–H groups in total. The van der Waals surface area contributed by atoms with E-state index in [1.165, 1.54) is 11.3 Å². The average Bonchev–Trinajstić information content (AvgIpc) is 3.12. The number of amides is 1. The molecule has 0 fully saturated rings. The standard InChI is InChI=1S/C21H23N3O3S/c1-14-7-6-10-18-19(14)22-21(28-18)24(12-11-23(2)3)20(25)17-13-26-15-8-4-5-9-16(15)27-17/h4-10,17H,11-13H2,1-3H3/t17-/m0/s1. The molecule has 2 aromatic carbocycles. The number of likely N-dealkylation sites (N-methyl/N-ethyl adjacent to an activating group) is 1. The molecule has 1 aliphatic rings. The van der Waals surface area contributed by atoms with Gasteiger partial charge in [0, 0.05) is 13.1 Å². The molecule has 1 amide bonds. The molecule has 1 aromatic heterocycles. The lowest BCUT2D eigenvalue weighted by molar-refractivity contribution is -0.127. The summed E-state index contributed by atoms with van der Waals surface area (Å²) in [5.41, 5.74) is 2.04. The van der Waals surface area contributed by atoms with Crippen molar-refractivity contribution in [1.29, 1.82) is 0 Å². The zero-order valence-electron chi connectivity index (χ0n) is 16.2. The molecule has 0 bridgehead atoms. The third-order valence-corrected chi connectivity index (χ3v) is 5.70. The van der Waals surface area contributed by atoms with E-state index in [1.807, 2.05) is 68.4 Å². The Hall–Kier alpha value is -2.64. The molecule has 3 aromatic rings. The van der Waals surface area contributed by atoms with Gasteiger partial charge in [0.05, 0.1) is 10.2 Å². The van der Waals surface area contributed by atoms with Crippen molar-refractivity contribution < 1.29 is 14.3 Å². The van der Waals surface area contributed by atoms with E-state index in [-0.39, 0.29) is 12.5 Å². The van der Waals surface area contributed by atoms with Crippen molar-refractivity contribution in [3.63, 3.8) is 0 Å². The molecule has 1 aliphatic heterocycles. The van der Waals surface area contributed by atoms with Gasteiger partial charge in [-0.1, -0.05) is 35.6 Å². The van der Waals surface area contributed by atoms with Crippen LogP contribution in [0.3, 0.4) is 0 Å². The largest absolute Gasteiger partial charge is 0.485 e. The molecule has 146 valence electrons. The Bertz CT molecular complexity index is 1000. The number of carbonyl (C=O) groups excluding carboxylic acids is 1. The summed E-state index contributed by atoms with van der Waals surface area (Å²) in [5.74, 6) is 1.13. The summed E-state index contributed by atoms with van der Waals surface area (Å²) in [6.07, 6.45) is -0.690. The molecule has 0 aliphatic carbocycles. The first kappa shape index (κ1) is 18.7. The maximum atomic E-state index is 13.4. The molecule has 1 atom stereocenters. The van der Waals surface area contributed by atoms with Crippen LogP contribution < -0.4 is 14.4 Å². The van der Waals surface area contributed by atoms with Crippen molar-refractivity contribution in [2.75, 3.05) is 38.7 Å². The van der Waals surface area contributed by atoms with E-state index in [0.29, 0.717) is 23.2 Å². The van der Waals surface area contributed by atoms with Crippen LogP contribution in [0.2, 0.25) is 0 Å². The number of aryl methyl sites for hydroxylation is 1. The molecular formula is C21H23N3O3S. The van der Waals surface area contributed by atoms with Gasteiger partial charge in [-0.2, -0.15) is 0 Å². The van der Waals surface area contributed by atoms with E-state index in [0.717, 1.165) is 22.3 Å². The van der Waals surface area contributed by atoms with Gasteiger partial charge in [-0.15, -0.1) is 0 Å². The monoisotopic (exact) mass is 397 g/mol. The SMILES string of the molecule is Cc1cccc2sc(N(CCN(C)C)C(=O)[C@@H]3COc4ccccc4O3)nc12. The molecule has 28 heavy (non-hydrogen) atoms. The van der Waals surface area contributed by atoms with E-state index in [4.69, 9.17) is 14.5 Å².